The Morgan fingerprint density at radius 2 is 1.62 bits per heavy atom. The quantitative estimate of drug-likeness (QED) is 0.758. The highest BCUT2D eigenvalue weighted by Gasteiger charge is 2.46. The number of halogens is 1. The van der Waals surface area contributed by atoms with Gasteiger partial charge >= 0.3 is 11.9 Å². The number of methoxy groups -OCH3 is 2. The molecule has 1 aromatic rings. The van der Waals surface area contributed by atoms with Crippen molar-refractivity contribution in [3.05, 3.63) is 34.3 Å². The van der Waals surface area contributed by atoms with Crippen molar-refractivity contribution in [1.29, 1.82) is 0 Å². The van der Waals surface area contributed by atoms with E-state index in [2.05, 4.69) is 25.4 Å². The topological polar surface area (TPSA) is 71.1 Å². The van der Waals surface area contributed by atoms with Gasteiger partial charge in [-0.1, -0.05) is 34.1 Å². The minimum Gasteiger partial charge on any atom is -0.467 e. The summed E-state index contributed by atoms with van der Waals surface area (Å²) in [6.07, 6.45) is -2.57. The second kappa shape index (κ2) is 7.02. The second-order valence-electron chi connectivity index (χ2n) is 4.38. The van der Waals surface area contributed by atoms with E-state index in [9.17, 15) is 9.59 Å². The number of carbonyl (C=O) groups excluding carboxylic acids is 2. The van der Waals surface area contributed by atoms with Crippen molar-refractivity contribution >= 4 is 27.9 Å². The fourth-order valence-corrected chi connectivity index (χ4v) is 2.48. The van der Waals surface area contributed by atoms with E-state index in [-0.39, 0.29) is 0 Å². The first-order valence-corrected chi connectivity index (χ1v) is 7.06. The van der Waals surface area contributed by atoms with Gasteiger partial charge in [0.05, 0.1) is 14.2 Å². The normalized spacial score (nSPS) is 22.0. The molecule has 0 saturated carbocycles. The summed E-state index contributed by atoms with van der Waals surface area (Å²) >= 11 is 3.42. The van der Waals surface area contributed by atoms with Gasteiger partial charge in [-0.25, -0.2) is 9.59 Å². The summed E-state index contributed by atoms with van der Waals surface area (Å²) in [4.78, 5) is 23.3. The van der Waals surface area contributed by atoms with Crippen molar-refractivity contribution in [2.24, 2.45) is 0 Å². The van der Waals surface area contributed by atoms with Gasteiger partial charge in [0, 0.05) is 10.9 Å². The maximum Gasteiger partial charge on any atom is 0.338 e. The Morgan fingerprint density at radius 3 is 2.10 bits per heavy atom. The lowest BCUT2D eigenvalue weighted by molar-refractivity contribution is -0.160. The molecule has 21 heavy (non-hydrogen) atoms. The zero-order valence-electron chi connectivity index (χ0n) is 11.6. The third-order valence-electron chi connectivity index (χ3n) is 3.08. The standard InChI is InChI=1S/C14H15BrO6/c1-18-13(16)11-12(14(17)19-2)21-10(20-11)7-8-5-3-4-6-9(8)15/h3-6,10-12H,7H2,1-2H3/t11-,12-/m1/s1. The second-order valence-corrected chi connectivity index (χ2v) is 5.24. The van der Waals surface area contributed by atoms with Gasteiger partial charge in [-0.3, -0.25) is 0 Å². The van der Waals surface area contributed by atoms with Crippen LogP contribution in [0.1, 0.15) is 5.56 Å². The smallest absolute Gasteiger partial charge is 0.338 e. The third kappa shape index (κ3) is 3.61. The highest BCUT2D eigenvalue weighted by molar-refractivity contribution is 9.10. The number of hydrogen-bond donors (Lipinski definition) is 0. The van der Waals surface area contributed by atoms with Crippen LogP contribution < -0.4 is 0 Å². The molecular formula is C14H15BrO6. The number of ether oxygens (including phenoxy) is 4. The predicted octanol–water partition coefficient (Wildman–Crippen LogP) is 1.45. The molecule has 0 N–H and O–H groups in total. The van der Waals surface area contributed by atoms with E-state index < -0.39 is 30.4 Å². The van der Waals surface area contributed by atoms with Crippen LogP contribution in [0.15, 0.2) is 28.7 Å². The lowest BCUT2D eigenvalue weighted by atomic mass is 10.1. The van der Waals surface area contributed by atoms with E-state index in [1.807, 2.05) is 24.3 Å². The molecule has 0 radical (unpaired) electrons. The number of esters is 2. The molecule has 0 bridgehead atoms. The largest absolute Gasteiger partial charge is 0.467 e. The predicted molar refractivity (Wildman–Crippen MR) is 75.4 cm³/mol. The highest BCUT2D eigenvalue weighted by atomic mass is 79.9. The molecule has 1 saturated heterocycles. The molecule has 1 heterocycles. The van der Waals surface area contributed by atoms with Gasteiger partial charge < -0.3 is 18.9 Å². The molecule has 6 nitrogen and oxygen atoms in total. The fourth-order valence-electron chi connectivity index (χ4n) is 2.03. The number of hydrogen-bond acceptors (Lipinski definition) is 6. The van der Waals surface area contributed by atoms with Crippen LogP contribution in [0.3, 0.4) is 0 Å². The molecule has 0 unspecified atom stereocenters. The van der Waals surface area contributed by atoms with Crippen LogP contribution in [0.4, 0.5) is 0 Å². The molecule has 1 aromatic carbocycles. The Bertz CT molecular complexity index is 508. The minimum atomic E-state index is -1.12. The Morgan fingerprint density at radius 1 is 1.10 bits per heavy atom. The number of rotatable bonds is 4. The third-order valence-corrected chi connectivity index (χ3v) is 3.86. The Labute approximate surface area is 130 Å². The molecule has 0 aromatic heterocycles. The van der Waals surface area contributed by atoms with Crippen LogP contribution in [0.5, 0.6) is 0 Å². The van der Waals surface area contributed by atoms with Crippen molar-refractivity contribution in [2.45, 2.75) is 24.9 Å². The summed E-state index contributed by atoms with van der Waals surface area (Å²) in [5, 5.41) is 0. The summed E-state index contributed by atoms with van der Waals surface area (Å²) in [6.45, 7) is 0. The zero-order chi connectivity index (χ0) is 15.4. The van der Waals surface area contributed by atoms with E-state index in [1.165, 1.54) is 14.2 Å². The van der Waals surface area contributed by atoms with E-state index >= 15 is 0 Å². The summed E-state index contributed by atoms with van der Waals surface area (Å²) in [7, 11) is 2.45. The average molecular weight is 359 g/mol. The Hall–Kier alpha value is -1.44. The van der Waals surface area contributed by atoms with Crippen LogP contribution >= 0.6 is 15.9 Å². The summed E-state index contributed by atoms with van der Waals surface area (Å²) in [5.74, 6) is -1.33. The van der Waals surface area contributed by atoms with Crippen LogP contribution in [-0.4, -0.2) is 44.7 Å². The van der Waals surface area contributed by atoms with Crippen LogP contribution in [0.25, 0.3) is 0 Å². The van der Waals surface area contributed by atoms with Crippen LogP contribution in [0.2, 0.25) is 0 Å². The fraction of sp³-hybridized carbons (Fsp3) is 0.429. The molecular weight excluding hydrogens is 344 g/mol. The van der Waals surface area contributed by atoms with Gasteiger partial charge in [0.15, 0.2) is 18.5 Å². The van der Waals surface area contributed by atoms with Crippen molar-refractivity contribution in [2.75, 3.05) is 14.2 Å². The van der Waals surface area contributed by atoms with E-state index in [0.717, 1.165) is 10.0 Å². The molecule has 2 atom stereocenters. The molecule has 0 amide bonds. The monoisotopic (exact) mass is 358 g/mol. The maximum atomic E-state index is 11.7. The Balaban J connectivity index is 2.11. The minimum absolute atomic E-state index is 0.391. The van der Waals surface area contributed by atoms with Gasteiger partial charge in [0.1, 0.15) is 0 Å². The van der Waals surface area contributed by atoms with Crippen molar-refractivity contribution in [3.8, 4) is 0 Å². The number of benzene rings is 1. The Kier molecular flexibility index (Phi) is 5.33. The van der Waals surface area contributed by atoms with E-state index in [1.54, 1.807) is 0 Å². The average Bonchev–Trinajstić information content (AvgIpc) is 2.92. The van der Waals surface area contributed by atoms with Gasteiger partial charge in [0.2, 0.25) is 0 Å². The first-order valence-electron chi connectivity index (χ1n) is 6.26. The maximum absolute atomic E-state index is 11.7. The van der Waals surface area contributed by atoms with Crippen molar-refractivity contribution < 1.29 is 28.5 Å². The molecule has 1 aliphatic rings. The van der Waals surface area contributed by atoms with Gasteiger partial charge in [-0.15, -0.1) is 0 Å². The summed E-state index contributed by atoms with van der Waals surface area (Å²) < 4.78 is 21.1. The molecule has 0 aliphatic carbocycles. The molecule has 1 fully saturated rings. The summed E-state index contributed by atoms with van der Waals surface area (Å²) in [6, 6.07) is 7.55. The van der Waals surface area contributed by atoms with E-state index in [4.69, 9.17) is 9.47 Å². The molecule has 7 heteroatoms. The summed E-state index contributed by atoms with van der Waals surface area (Å²) in [5.41, 5.74) is 0.941. The van der Waals surface area contributed by atoms with Crippen molar-refractivity contribution in [3.63, 3.8) is 0 Å². The first kappa shape index (κ1) is 15.9. The first-order chi connectivity index (χ1) is 10.1. The lowest BCUT2D eigenvalue weighted by Gasteiger charge is -2.11. The highest BCUT2D eigenvalue weighted by Crippen LogP contribution is 2.26. The van der Waals surface area contributed by atoms with Crippen molar-refractivity contribution in [1.82, 2.24) is 0 Å². The number of carbonyl (C=O) groups is 2. The van der Waals surface area contributed by atoms with Gasteiger partial charge in [-0.05, 0) is 11.6 Å². The van der Waals surface area contributed by atoms with Crippen LogP contribution in [0, 0.1) is 0 Å². The lowest BCUT2D eigenvalue weighted by Crippen LogP contribution is -2.38. The SMILES string of the molecule is COC(=O)[C@@H]1OC(Cc2ccccc2Br)O[C@H]1C(=O)OC. The van der Waals surface area contributed by atoms with Gasteiger partial charge in [-0.2, -0.15) is 0 Å². The van der Waals surface area contributed by atoms with Gasteiger partial charge in [0.25, 0.3) is 0 Å². The van der Waals surface area contributed by atoms with E-state index in [0.29, 0.717) is 6.42 Å². The molecule has 1 aliphatic heterocycles. The molecule has 114 valence electrons. The van der Waals surface area contributed by atoms with Crippen LogP contribution in [-0.2, 0) is 35.0 Å². The molecule has 2 rings (SSSR count). The zero-order valence-corrected chi connectivity index (χ0v) is 13.2. The molecule has 0 spiro atoms.